The molecule has 0 aliphatic carbocycles. The van der Waals surface area contributed by atoms with E-state index in [1.807, 2.05) is 25.1 Å². The number of benzene rings is 1. The zero-order chi connectivity index (χ0) is 18.1. The quantitative estimate of drug-likeness (QED) is 0.616. The summed E-state index contributed by atoms with van der Waals surface area (Å²) < 4.78 is 1.80. The second-order valence-corrected chi connectivity index (χ2v) is 5.92. The molecule has 0 fully saturated rings. The third-order valence-corrected chi connectivity index (χ3v) is 4.13. The van der Waals surface area contributed by atoms with E-state index >= 15 is 0 Å². The van der Waals surface area contributed by atoms with Gasteiger partial charge in [-0.25, -0.2) is 4.98 Å². The van der Waals surface area contributed by atoms with Crippen LogP contribution in [0.4, 0.5) is 0 Å². The number of hydrogen-bond acceptors (Lipinski definition) is 5. The first-order chi connectivity index (χ1) is 12.7. The average molecular weight is 342 g/mol. The van der Waals surface area contributed by atoms with Crippen LogP contribution in [0.5, 0.6) is 0 Å². The molecule has 1 aromatic heterocycles. The van der Waals surface area contributed by atoms with Gasteiger partial charge in [-0.15, -0.1) is 0 Å². The number of fused-ring (bicyclic) bond motifs is 1. The Kier molecular flexibility index (Phi) is 3.78. The molecule has 2 aliphatic heterocycles. The molecule has 126 valence electrons. The van der Waals surface area contributed by atoms with Crippen molar-refractivity contribution < 1.29 is 0 Å². The van der Waals surface area contributed by atoms with Crippen LogP contribution in [-0.4, -0.2) is 24.7 Å². The van der Waals surface area contributed by atoms with E-state index < -0.39 is 0 Å². The van der Waals surface area contributed by atoms with Crippen molar-refractivity contribution in [3.05, 3.63) is 76.0 Å². The Morgan fingerprint density at radius 2 is 2.00 bits per heavy atom. The SMILES string of the molecule is Cc1[nH]n(Cc2cccc(C#N)c2)c2nc(-c3ccncc3)nc(=O)c1-2. The Bertz CT molecular complexity index is 1150. The smallest absolute Gasteiger partial charge is 0.284 e. The average Bonchev–Trinajstić information content (AvgIpc) is 2.98. The van der Waals surface area contributed by atoms with Crippen molar-refractivity contribution in [1.29, 1.82) is 5.26 Å². The number of rotatable bonds is 3. The molecule has 3 heterocycles. The van der Waals surface area contributed by atoms with Crippen LogP contribution in [0.1, 0.15) is 16.8 Å². The van der Waals surface area contributed by atoms with E-state index in [1.165, 1.54) is 0 Å². The Morgan fingerprint density at radius 3 is 2.77 bits per heavy atom. The standard InChI is InChI=1S/C19H14N6O/c1-12-16-18(22-17(23-19(16)26)15-5-7-21-8-6-15)25(24-12)11-14-4-2-3-13(9-14)10-20/h2-9,24H,11H2,1H3. The Morgan fingerprint density at radius 1 is 1.19 bits per heavy atom. The number of nitriles is 1. The topological polar surface area (TPSA) is 100 Å². The summed E-state index contributed by atoms with van der Waals surface area (Å²) in [5.41, 5.74) is 3.12. The van der Waals surface area contributed by atoms with Crippen LogP contribution in [0.15, 0.2) is 53.6 Å². The summed E-state index contributed by atoms with van der Waals surface area (Å²) in [4.78, 5) is 25.2. The highest BCUT2D eigenvalue weighted by molar-refractivity contribution is 5.64. The van der Waals surface area contributed by atoms with Crippen molar-refractivity contribution in [2.24, 2.45) is 0 Å². The van der Waals surface area contributed by atoms with Gasteiger partial charge in [0.05, 0.1) is 18.2 Å². The minimum Gasteiger partial charge on any atom is -0.300 e. The lowest BCUT2D eigenvalue weighted by Crippen LogP contribution is -2.15. The number of pyridine rings is 1. The lowest BCUT2D eigenvalue weighted by atomic mass is 10.1. The predicted octanol–water partition coefficient (Wildman–Crippen LogP) is 2.36. The second kappa shape index (κ2) is 6.26. The maximum absolute atomic E-state index is 12.5. The van der Waals surface area contributed by atoms with Crippen LogP contribution in [-0.2, 0) is 6.54 Å². The molecule has 0 radical (unpaired) electrons. The van der Waals surface area contributed by atoms with E-state index in [0.29, 0.717) is 35.0 Å². The highest BCUT2D eigenvalue weighted by Gasteiger charge is 2.21. The highest BCUT2D eigenvalue weighted by Crippen LogP contribution is 2.23. The first-order valence-electron chi connectivity index (χ1n) is 8.02. The van der Waals surface area contributed by atoms with Crippen molar-refractivity contribution in [2.45, 2.75) is 13.5 Å². The van der Waals surface area contributed by atoms with Gasteiger partial charge >= 0.3 is 0 Å². The van der Waals surface area contributed by atoms with Crippen LogP contribution in [0.3, 0.4) is 0 Å². The second-order valence-electron chi connectivity index (χ2n) is 5.92. The molecular formula is C19H14N6O. The van der Waals surface area contributed by atoms with E-state index in [-0.39, 0.29) is 5.56 Å². The highest BCUT2D eigenvalue weighted by atomic mass is 16.1. The first kappa shape index (κ1) is 15.7. The molecule has 1 aromatic carbocycles. The summed E-state index contributed by atoms with van der Waals surface area (Å²) in [6, 6.07) is 13.0. The molecule has 0 amide bonds. The summed E-state index contributed by atoms with van der Waals surface area (Å²) in [5.74, 6) is 0.903. The number of hydrogen-bond donors (Lipinski definition) is 1. The van der Waals surface area contributed by atoms with Crippen molar-refractivity contribution in [3.8, 4) is 28.8 Å². The van der Waals surface area contributed by atoms with E-state index in [0.717, 1.165) is 11.1 Å². The van der Waals surface area contributed by atoms with Crippen LogP contribution in [0.25, 0.3) is 22.8 Å². The third-order valence-electron chi connectivity index (χ3n) is 4.13. The zero-order valence-corrected chi connectivity index (χ0v) is 14.0. The Balaban J connectivity index is 1.84. The summed E-state index contributed by atoms with van der Waals surface area (Å²) in [6.45, 7) is 2.29. The summed E-state index contributed by atoms with van der Waals surface area (Å²) in [5, 5.41) is 12.2. The van der Waals surface area contributed by atoms with Gasteiger partial charge in [0.2, 0.25) is 0 Å². The van der Waals surface area contributed by atoms with Crippen molar-refractivity contribution in [2.75, 3.05) is 0 Å². The molecule has 2 aliphatic rings. The van der Waals surface area contributed by atoms with Gasteiger partial charge in [-0.1, -0.05) is 12.1 Å². The van der Waals surface area contributed by atoms with Crippen molar-refractivity contribution in [3.63, 3.8) is 0 Å². The molecule has 4 rings (SSSR count). The van der Waals surface area contributed by atoms with Crippen LogP contribution < -0.4 is 5.56 Å². The molecule has 0 saturated heterocycles. The fourth-order valence-electron chi connectivity index (χ4n) is 2.93. The predicted molar refractivity (Wildman–Crippen MR) is 95.5 cm³/mol. The molecular weight excluding hydrogens is 328 g/mol. The van der Waals surface area contributed by atoms with Crippen LogP contribution in [0.2, 0.25) is 0 Å². The normalized spacial score (nSPS) is 10.8. The number of aryl methyl sites for hydroxylation is 1. The van der Waals surface area contributed by atoms with Gasteiger partial charge in [0, 0.05) is 23.7 Å². The van der Waals surface area contributed by atoms with E-state index in [4.69, 9.17) is 5.26 Å². The number of H-pyrrole nitrogens is 1. The molecule has 26 heavy (non-hydrogen) atoms. The molecule has 7 nitrogen and oxygen atoms in total. The van der Waals surface area contributed by atoms with E-state index in [9.17, 15) is 4.79 Å². The van der Waals surface area contributed by atoms with Gasteiger partial charge < -0.3 is 5.10 Å². The summed E-state index contributed by atoms with van der Waals surface area (Å²) in [7, 11) is 0. The minimum absolute atomic E-state index is 0.319. The minimum atomic E-state index is -0.319. The number of nitrogens with one attached hydrogen (secondary N) is 1. The fraction of sp³-hybridized carbons (Fsp3) is 0.105. The molecule has 0 unspecified atom stereocenters. The molecule has 1 N–H and O–H groups in total. The van der Waals surface area contributed by atoms with Gasteiger partial charge in [-0.3, -0.25) is 14.5 Å². The maximum Gasteiger partial charge on any atom is 0.284 e. The Hall–Kier alpha value is -3.79. The van der Waals surface area contributed by atoms with Crippen LogP contribution >= 0.6 is 0 Å². The van der Waals surface area contributed by atoms with Crippen molar-refractivity contribution in [1.82, 2.24) is 24.7 Å². The van der Waals surface area contributed by atoms with E-state index in [2.05, 4.69) is 26.1 Å². The summed E-state index contributed by atoms with van der Waals surface area (Å²) >= 11 is 0. The monoisotopic (exact) mass is 342 g/mol. The van der Waals surface area contributed by atoms with Gasteiger partial charge in [-0.2, -0.15) is 10.2 Å². The number of nitrogens with zero attached hydrogens (tertiary/aromatic N) is 5. The molecule has 0 spiro atoms. The molecule has 7 heteroatoms. The lowest BCUT2D eigenvalue weighted by Gasteiger charge is -2.08. The van der Waals surface area contributed by atoms with Crippen LogP contribution in [0, 0.1) is 18.3 Å². The van der Waals surface area contributed by atoms with Gasteiger partial charge in [0.15, 0.2) is 11.6 Å². The number of aromatic amines is 1. The van der Waals surface area contributed by atoms with Gasteiger partial charge in [0.1, 0.15) is 5.56 Å². The largest absolute Gasteiger partial charge is 0.300 e. The molecule has 0 bridgehead atoms. The number of aromatic nitrogens is 5. The molecule has 0 atom stereocenters. The molecule has 0 saturated carbocycles. The maximum atomic E-state index is 12.5. The zero-order valence-electron chi connectivity index (χ0n) is 14.0. The lowest BCUT2D eigenvalue weighted by molar-refractivity contribution is 0.677. The fourth-order valence-corrected chi connectivity index (χ4v) is 2.93. The third kappa shape index (κ3) is 2.74. The molecule has 2 aromatic rings. The summed E-state index contributed by atoms with van der Waals surface area (Å²) in [6.07, 6.45) is 3.27. The van der Waals surface area contributed by atoms with Gasteiger partial charge in [-0.05, 0) is 36.8 Å². The van der Waals surface area contributed by atoms with Gasteiger partial charge in [0.25, 0.3) is 5.56 Å². The first-order valence-corrected chi connectivity index (χ1v) is 8.02. The Labute approximate surface area is 148 Å². The van der Waals surface area contributed by atoms with Crippen molar-refractivity contribution >= 4 is 0 Å². The van der Waals surface area contributed by atoms with E-state index in [1.54, 1.807) is 35.3 Å².